The van der Waals surface area contributed by atoms with Gasteiger partial charge in [-0.2, -0.15) is 4.99 Å². The SMILES string of the molecule is CC(C)(C)/C=C(\Cl)N=C=O. The van der Waals surface area contributed by atoms with E-state index in [0.717, 1.165) is 0 Å². The van der Waals surface area contributed by atoms with Crippen molar-refractivity contribution >= 4 is 17.7 Å². The van der Waals surface area contributed by atoms with E-state index in [9.17, 15) is 4.79 Å². The van der Waals surface area contributed by atoms with E-state index in [0.29, 0.717) is 0 Å². The first-order chi connectivity index (χ1) is 4.45. The summed E-state index contributed by atoms with van der Waals surface area (Å²) in [5.41, 5.74) is -0.0442. The fourth-order valence-electron chi connectivity index (χ4n) is 0.433. The molecular formula is C7H10ClNO. The lowest BCUT2D eigenvalue weighted by atomic mass is 9.97. The maximum absolute atomic E-state index is 9.68. The molecule has 0 spiro atoms. The summed E-state index contributed by atoms with van der Waals surface area (Å²) in [6, 6.07) is 0. The van der Waals surface area contributed by atoms with Crippen molar-refractivity contribution in [1.82, 2.24) is 0 Å². The third-order valence-electron chi connectivity index (χ3n) is 0.705. The van der Waals surface area contributed by atoms with E-state index in [-0.39, 0.29) is 10.6 Å². The van der Waals surface area contributed by atoms with Gasteiger partial charge in [0.15, 0.2) is 0 Å². The first-order valence-electron chi connectivity index (χ1n) is 2.92. The minimum atomic E-state index is -0.0442. The Morgan fingerprint density at radius 3 is 2.40 bits per heavy atom. The third-order valence-corrected chi connectivity index (χ3v) is 0.898. The maximum atomic E-state index is 9.68. The van der Waals surface area contributed by atoms with Gasteiger partial charge in [-0.15, -0.1) is 0 Å². The number of hydrogen-bond acceptors (Lipinski definition) is 2. The predicted octanol–water partition coefficient (Wildman–Crippen LogP) is 2.45. The lowest BCUT2D eigenvalue weighted by Gasteiger charge is -2.10. The molecule has 0 aliphatic heterocycles. The Labute approximate surface area is 65.6 Å². The number of nitrogens with zero attached hydrogens (tertiary/aromatic N) is 1. The second-order valence-electron chi connectivity index (χ2n) is 3.04. The second kappa shape index (κ2) is 3.55. The Balaban J connectivity index is 4.31. The zero-order chi connectivity index (χ0) is 8.20. The van der Waals surface area contributed by atoms with Crippen LogP contribution in [0.2, 0.25) is 0 Å². The summed E-state index contributed by atoms with van der Waals surface area (Å²) in [5, 5.41) is 0.197. The van der Waals surface area contributed by atoms with Gasteiger partial charge < -0.3 is 0 Å². The summed E-state index contributed by atoms with van der Waals surface area (Å²) in [6.07, 6.45) is 3.06. The molecular weight excluding hydrogens is 150 g/mol. The van der Waals surface area contributed by atoms with Crippen LogP contribution in [0.25, 0.3) is 0 Å². The van der Waals surface area contributed by atoms with Gasteiger partial charge in [0.2, 0.25) is 6.08 Å². The van der Waals surface area contributed by atoms with E-state index in [1.54, 1.807) is 6.08 Å². The summed E-state index contributed by atoms with van der Waals surface area (Å²) in [5.74, 6) is 0. The first-order valence-corrected chi connectivity index (χ1v) is 3.30. The van der Waals surface area contributed by atoms with Gasteiger partial charge in [0.05, 0.1) is 0 Å². The van der Waals surface area contributed by atoms with E-state index in [2.05, 4.69) is 4.99 Å². The minimum Gasteiger partial charge on any atom is -0.211 e. The molecule has 10 heavy (non-hydrogen) atoms. The molecule has 0 aromatic carbocycles. The molecule has 0 unspecified atom stereocenters. The molecule has 0 heterocycles. The van der Waals surface area contributed by atoms with Gasteiger partial charge in [0.25, 0.3) is 0 Å². The van der Waals surface area contributed by atoms with Crippen molar-refractivity contribution in [2.24, 2.45) is 10.4 Å². The highest BCUT2D eigenvalue weighted by Gasteiger charge is 2.06. The molecule has 2 nitrogen and oxygen atoms in total. The zero-order valence-electron chi connectivity index (χ0n) is 6.31. The highest BCUT2D eigenvalue weighted by molar-refractivity contribution is 6.29. The van der Waals surface area contributed by atoms with Crippen molar-refractivity contribution in [3.8, 4) is 0 Å². The van der Waals surface area contributed by atoms with Crippen molar-refractivity contribution in [2.45, 2.75) is 20.8 Å². The molecule has 0 saturated carbocycles. The molecule has 0 aromatic rings. The van der Waals surface area contributed by atoms with Crippen molar-refractivity contribution in [3.63, 3.8) is 0 Å². The Morgan fingerprint density at radius 2 is 2.10 bits per heavy atom. The minimum absolute atomic E-state index is 0.0442. The van der Waals surface area contributed by atoms with Gasteiger partial charge >= 0.3 is 0 Å². The summed E-state index contributed by atoms with van der Waals surface area (Å²) in [6.45, 7) is 5.90. The molecule has 0 bridgehead atoms. The average molecular weight is 160 g/mol. The highest BCUT2D eigenvalue weighted by Crippen LogP contribution is 2.19. The zero-order valence-corrected chi connectivity index (χ0v) is 7.07. The summed E-state index contributed by atoms with van der Waals surface area (Å²) < 4.78 is 0. The van der Waals surface area contributed by atoms with Crippen molar-refractivity contribution < 1.29 is 4.79 Å². The van der Waals surface area contributed by atoms with Crippen LogP contribution < -0.4 is 0 Å². The highest BCUT2D eigenvalue weighted by atomic mass is 35.5. The number of aliphatic imine (C=N–C) groups is 1. The molecule has 0 aliphatic rings. The molecule has 0 fully saturated rings. The van der Waals surface area contributed by atoms with Crippen LogP contribution in [0.5, 0.6) is 0 Å². The van der Waals surface area contributed by atoms with Crippen LogP contribution >= 0.6 is 11.6 Å². The summed E-state index contributed by atoms with van der Waals surface area (Å²) in [4.78, 5) is 12.9. The molecule has 56 valence electrons. The lowest BCUT2D eigenvalue weighted by Crippen LogP contribution is -1.98. The predicted molar refractivity (Wildman–Crippen MR) is 41.5 cm³/mol. The summed E-state index contributed by atoms with van der Waals surface area (Å²) in [7, 11) is 0. The van der Waals surface area contributed by atoms with E-state index < -0.39 is 0 Å². The standard InChI is InChI=1S/C7H10ClNO/c1-7(2,3)4-6(8)9-5-10/h4H,1-3H3/b6-4+. The average Bonchev–Trinajstić information content (AvgIpc) is 1.59. The lowest BCUT2D eigenvalue weighted by molar-refractivity contribution is 0.541. The Morgan fingerprint density at radius 1 is 1.60 bits per heavy atom. The van der Waals surface area contributed by atoms with Crippen molar-refractivity contribution in [2.75, 3.05) is 0 Å². The van der Waals surface area contributed by atoms with E-state index >= 15 is 0 Å². The van der Waals surface area contributed by atoms with Gasteiger partial charge in [-0.3, -0.25) is 0 Å². The molecule has 3 heteroatoms. The quantitative estimate of drug-likeness (QED) is 0.328. The van der Waals surface area contributed by atoms with Crippen molar-refractivity contribution in [3.05, 3.63) is 11.2 Å². The van der Waals surface area contributed by atoms with Crippen LogP contribution in [-0.2, 0) is 4.79 Å². The van der Waals surface area contributed by atoms with E-state index in [1.165, 1.54) is 6.08 Å². The molecule has 0 N–H and O–H groups in total. The number of halogens is 1. The Bertz CT molecular complexity index is 184. The molecule has 0 saturated heterocycles. The maximum Gasteiger partial charge on any atom is 0.241 e. The van der Waals surface area contributed by atoms with Crippen LogP contribution in [0.1, 0.15) is 20.8 Å². The fourth-order valence-corrected chi connectivity index (χ4v) is 0.795. The van der Waals surface area contributed by atoms with Crippen LogP contribution in [0.4, 0.5) is 0 Å². The largest absolute Gasteiger partial charge is 0.241 e. The van der Waals surface area contributed by atoms with Crippen LogP contribution in [0.15, 0.2) is 16.2 Å². The van der Waals surface area contributed by atoms with Gasteiger partial charge in [-0.05, 0) is 11.5 Å². The topological polar surface area (TPSA) is 29.4 Å². The van der Waals surface area contributed by atoms with E-state index in [1.807, 2.05) is 20.8 Å². The van der Waals surface area contributed by atoms with Gasteiger partial charge in [0.1, 0.15) is 5.16 Å². The number of carbonyl (C=O) groups excluding carboxylic acids is 1. The van der Waals surface area contributed by atoms with Crippen molar-refractivity contribution in [1.29, 1.82) is 0 Å². The number of rotatable bonds is 1. The molecule has 0 aliphatic carbocycles. The molecule has 0 aromatic heterocycles. The number of isocyanates is 1. The molecule has 0 amide bonds. The van der Waals surface area contributed by atoms with Gasteiger partial charge in [-0.25, -0.2) is 4.79 Å². The Kier molecular flexibility index (Phi) is 3.34. The smallest absolute Gasteiger partial charge is 0.211 e. The fraction of sp³-hybridized carbons (Fsp3) is 0.571. The first kappa shape index (κ1) is 9.41. The Hall–Kier alpha value is -0.590. The van der Waals surface area contributed by atoms with Crippen LogP contribution in [0, 0.1) is 5.41 Å². The third kappa shape index (κ3) is 5.54. The normalized spacial score (nSPS) is 12.6. The van der Waals surface area contributed by atoms with Crippen LogP contribution in [-0.4, -0.2) is 6.08 Å². The monoisotopic (exact) mass is 159 g/mol. The van der Waals surface area contributed by atoms with Gasteiger partial charge in [0, 0.05) is 0 Å². The number of hydrogen-bond donors (Lipinski definition) is 0. The summed E-state index contributed by atoms with van der Waals surface area (Å²) >= 11 is 5.50. The molecule has 0 rings (SSSR count). The van der Waals surface area contributed by atoms with Crippen LogP contribution in [0.3, 0.4) is 0 Å². The number of allylic oxidation sites excluding steroid dienone is 1. The second-order valence-corrected chi connectivity index (χ2v) is 3.42. The van der Waals surface area contributed by atoms with E-state index in [4.69, 9.17) is 11.6 Å². The van der Waals surface area contributed by atoms with Gasteiger partial charge in [-0.1, -0.05) is 32.4 Å². The molecule has 0 atom stereocenters. The molecule has 0 radical (unpaired) electrons.